The molecule has 1 heteroatoms. The maximum absolute atomic E-state index is 3.19. The Morgan fingerprint density at radius 1 is 2.00 bits per heavy atom. The fourth-order valence-electron chi connectivity index (χ4n) is 0.716. The van der Waals surface area contributed by atoms with Gasteiger partial charge in [0.05, 0.1) is 6.04 Å². The van der Waals surface area contributed by atoms with Gasteiger partial charge in [-0.1, -0.05) is 0 Å². The molecule has 0 amide bonds. The van der Waals surface area contributed by atoms with Gasteiger partial charge >= 0.3 is 0 Å². The molecule has 1 heterocycles. The molecule has 1 unspecified atom stereocenters. The van der Waals surface area contributed by atoms with Crippen LogP contribution in [-0.4, -0.2) is 12.6 Å². The lowest BCUT2D eigenvalue weighted by Crippen LogP contribution is -2.47. The minimum Gasteiger partial charge on any atom is -0.301 e. The van der Waals surface area contributed by atoms with Crippen LogP contribution in [0.1, 0.15) is 0 Å². The first-order valence-corrected chi connectivity index (χ1v) is 2.16. The van der Waals surface area contributed by atoms with E-state index in [-0.39, 0.29) is 0 Å². The second-order valence-electron chi connectivity index (χ2n) is 1.69. The molecule has 0 aromatic heterocycles. The average Bonchev–Trinajstić information content (AvgIpc) is 1.54. The van der Waals surface area contributed by atoms with Crippen LogP contribution in [0.15, 0.2) is 17.4 Å². The smallest absolute Gasteiger partial charge is 0.0631 e. The molecule has 0 radical (unpaired) electrons. The Labute approximate surface area is 36.4 Å². The Morgan fingerprint density at radius 2 is 2.83 bits per heavy atom. The monoisotopic (exact) mass is 79.0 g/mol. The van der Waals surface area contributed by atoms with Gasteiger partial charge in [0.15, 0.2) is 0 Å². The number of rotatable bonds is 0. The van der Waals surface area contributed by atoms with Gasteiger partial charge in [0.25, 0.3) is 0 Å². The zero-order valence-electron chi connectivity index (χ0n) is 3.36. The van der Waals surface area contributed by atoms with Crippen LogP contribution in [0.4, 0.5) is 0 Å². The molecule has 0 bridgehead atoms. The largest absolute Gasteiger partial charge is 0.301 e. The Bertz CT molecular complexity index is 140. The minimum absolute atomic E-state index is 0.644. The summed E-state index contributed by atoms with van der Waals surface area (Å²) in [6.07, 6.45) is 2.05. The van der Waals surface area contributed by atoms with Crippen molar-refractivity contribution >= 4 is 0 Å². The first-order chi connectivity index (χ1) is 2.97. The molecule has 6 heavy (non-hydrogen) atoms. The minimum atomic E-state index is 0.644. The van der Waals surface area contributed by atoms with E-state index < -0.39 is 0 Å². The van der Waals surface area contributed by atoms with Crippen LogP contribution in [0.5, 0.6) is 0 Å². The molecule has 2 rings (SSSR count). The van der Waals surface area contributed by atoms with Gasteiger partial charge in [0, 0.05) is 12.1 Å². The van der Waals surface area contributed by atoms with E-state index in [1.165, 1.54) is 5.57 Å². The SMILES string of the molecule is C1=CC2NCC=12. The number of fused-ring (bicyclic) bond motifs is 1. The lowest BCUT2D eigenvalue weighted by molar-refractivity contribution is 0.549. The van der Waals surface area contributed by atoms with Crippen LogP contribution in [0.25, 0.3) is 0 Å². The molecule has 0 aromatic carbocycles. The van der Waals surface area contributed by atoms with E-state index in [4.69, 9.17) is 0 Å². The lowest BCUT2D eigenvalue weighted by Gasteiger charge is -2.31. The summed E-state index contributed by atoms with van der Waals surface area (Å²) in [6, 6.07) is 0.644. The predicted octanol–water partition coefficient (Wildman–Crippen LogP) is 0.0533. The van der Waals surface area contributed by atoms with Crippen LogP contribution in [0.2, 0.25) is 0 Å². The van der Waals surface area contributed by atoms with Crippen molar-refractivity contribution in [1.29, 1.82) is 0 Å². The van der Waals surface area contributed by atoms with Crippen LogP contribution in [-0.2, 0) is 0 Å². The van der Waals surface area contributed by atoms with E-state index in [1.54, 1.807) is 0 Å². The lowest BCUT2D eigenvalue weighted by atomic mass is 9.93. The fourth-order valence-corrected chi connectivity index (χ4v) is 0.716. The van der Waals surface area contributed by atoms with Crippen LogP contribution in [0, 0.1) is 0 Å². The third-order valence-corrected chi connectivity index (χ3v) is 1.32. The van der Waals surface area contributed by atoms with Gasteiger partial charge in [-0.15, -0.1) is 5.73 Å². The number of hydrogen-bond acceptors (Lipinski definition) is 1. The van der Waals surface area contributed by atoms with Crippen molar-refractivity contribution < 1.29 is 0 Å². The highest BCUT2D eigenvalue weighted by molar-refractivity contribution is 5.35. The maximum Gasteiger partial charge on any atom is 0.0631 e. The van der Waals surface area contributed by atoms with E-state index in [2.05, 4.69) is 17.1 Å². The third-order valence-electron chi connectivity index (χ3n) is 1.32. The van der Waals surface area contributed by atoms with Gasteiger partial charge in [-0.2, -0.15) is 0 Å². The highest BCUT2D eigenvalue weighted by atomic mass is 15.0. The van der Waals surface area contributed by atoms with Crippen LogP contribution >= 0.6 is 0 Å². The highest BCUT2D eigenvalue weighted by Gasteiger charge is 2.24. The Hall–Kier alpha value is -0.520. The zero-order chi connectivity index (χ0) is 3.98. The molecule has 1 nitrogen and oxygen atoms in total. The van der Waals surface area contributed by atoms with E-state index in [9.17, 15) is 0 Å². The van der Waals surface area contributed by atoms with Gasteiger partial charge in [0.1, 0.15) is 0 Å². The van der Waals surface area contributed by atoms with E-state index in [0.29, 0.717) is 6.04 Å². The topological polar surface area (TPSA) is 12.0 Å². The quantitative estimate of drug-likeness (QED) is 0.405. The average molecular weight is 79.1 g/mol. The molecule has 0 saturated carbocycles. The maximum atomic E-state index is 3.19. The molecule has 1 fully saturated rings. The predicted molar refractivity (Wildman–Crippen MR) is 23.4 cm³/mol. The number of nitrogens with one attached hydrogen (secondary N) is 1. The summed E-state index contributed by atoms with van der Waals surface area (Å²) in [4.78, 5) is 0. The summed E-state index contributed by atoms with van der Waals surface area (Å²) in [5.74, 6) is 0. The first-order valence-electron chi connectivity index (χ1n) is 2.16. The van der Waals surface area contributed by atoms with Gasteiger partial charge < -0.3 is 5.32 Å². The first kappa shape index (κ1) is 2.62. The number of hydrogen-bond donors (Lipinski definition) is 1. The van der Waals surface area contributed by atoms with E-state index >= 15 is 0 Å². The third kappa shape index (κ3) is 0.118. The summed E-state index contributed by atoms with van der Waals surface area (Å²) in [7, 11) is 0. The summed E-state index contributed by atoms with van der Waals surface area (Å²) < 4.78 is 0. The fraction of sp³-hybridized carbons (Fsp3) is 0.400. The summed E-state index contributed by atoms with van der Waals surface area (Å²) in [5, 5.41) is 3.19. The summed E-state index contributed by atoms with van der Waals surface area (Å²) in [6.45, 7) is 1.08. The molecule has 1 N–H and O–H groups in total. The molecule has 1 atom stereocenters. The van der Waals surface area contributed by atoms with Crippen molar-refractivity contribution in [2.75, 3.05) is 6.54 Å². The zero-order valence-corrected chi connectivity index (χ0v) is 3.36. The van der Waals surface area contributed by atoms with Crippen molar-refractivity contribution in [3.8, 4) is 0 Å². The van der Waals surface area contributed by atoms with E-state index in [0.717, 1.165) is 6.54 Å². The molecule has 0 aromatic rings. The molecule has 1 aliphatic heterocycles. The molecule has 1 saturated heterocycles. The Kier molecular flexibility index (Phi) is 0.264. The Balaban J connectivity index is 2.47. The van der Waals surface area contributed by atoms with Crippen molar-refractivity contribution in [2.45, 2.75) is 6.04 Å². The van der Waals surface area contributed by atoms with Crippen molar-refractivity contribution in [3.05, 3.63) is 17.4 Å². The van der Waals surface area contributed by atoms with Crippen LogP contribution in [0.3, 0.4) is 0 Å². The van der Waals surface area contributed by atoms with Gasteiger partial charge in [-0.25, -0.2) is 0 Å². The highest BCUT2D eigenvalue weighted by Crippen LogP contribution is 2.17. The molecular formula is C5H5N. The second kappa shape index (κ2) is 0.604. The standard InChI is InChI=1S/C5H5N/c1-2-5-4(1)3-6-5/h2,5-6H,3H2. The second-order valence-corrected chi connectivity index (χ2v) is 1.69. The van der Waals surface area contributed by atoms with Crippen molar-refractivity contribution in [2.24, 2.45) is 0 Å². The summed E-state index contributed by atoms with van der Waals surface area (Å²) >= 11 is 0. The normalized spacial score (nSPS) is 36.0. The van der Waals surface area contributed by atoms with Crippen LogP contribution < -0.4 is 5.32 Å². The molecular weight excluding hydrogens is 74.1 g/mol. The summed E-state index contributed by atoms with van der Waals surface area (Å²) in [5.41, 5.74) is 4.53. The molecule has 30 valence electrons. The van der Waals surface area contributed by atoms with Gasteiger partial charge in [0.2, 0.25) is 0 Å². The molecule has 2 aliphatic rings. The Morgan fingerprint density at radius 3 is 2.83 bits per heavy atom. The molecule has 0 spiro atoms. The van der Waals surface area contributed by atoms with Gasteiger partial charge in [-0.05, 0) is 6.08 Å². The van der Waals surface area contributed by atoms with E-state index in [1.807, 2.05) is 0 Å². The molecule has 1 aliphatic carbocycles. The van der Waals surface area contributed by atoms with Gasteiger partial charge in [-0.3, -0.25) is 0 Å². The van der Waals surface area contributed by atoms with Crippen molar-refractivity contribution in [1.82, 2.24) is 5.32 Å². The van der Waals surface area contributed by atoms with Crippen molar-refractivity contribution in [3.63, 3.8) is 0 Å².